The predicted molar refractivity (Wildman–Crippen MR) is 634 cm³/mol. The van der Waals surface area contributed by atoms with Crippen LogP contribution in [0.5, 0.6) is 0 Å². The molecular weight excluding hydrogens is 1830 g/mol. The standard InChI is InChI=1S/C23H41O2P3.2C23H39OP.2C22H39O2P3/c1-4-6-8-15-19-22(24-26)23(25-28-27)20-16-12-10-9-11-14-18-21(3)17-13-7-5-2;1-4-6-8-9-10-11-12-13-14-15-16-17-19-21-23(24-25)22(3)20-18-7-5-2;1-4-6-8-10-12-13-14-15-16-18-20-22(3)23(24-25)21-19-17-11-9-7-5-2;1-3-4-5-6-7-8-9-10-11-12-16-19-22(23-25)20-17-14-13-15-18-21(2)24-27-26;1-3-5-7-9-10-15-19-22(24-27-26)20-16-12-11-14-18-21(23-25)17-13-8-6-4-2/h7,9-14,16,18,20-23,28H,4-6,8,15,17,19,26-27H2,1-3H3;7,11-12,14-19,21-23H,4-6,8-10,13,20,25H2,1-3H3;7,9,13-20,22-23H,4-6,8,10-12,21,25H2,1-3H3;8-9,11-12,14-19,21-22,27H,3-7,10,13,20,25-26H2,1-2H3;5,7,10-12,14-16,18,20-22,27H,3-4,6,8-9,13,17,19,25-26H2,1-2H3. The van der Waals surface area contributed by atoms with Gasteiger partial charge in [-0.25, -0.2) is 0 Å². The number of rotatable bonds is 81. The molecule has 0 rings (SSSR count). The molecule has 0 N–H and O–H groups in total. The van der Waals surface area contributed by atoms with Crippen molar-refractivity contribution in [3.63, 3.8) is 0 Å². The van der Waals surface area contributed by atoms with Crippen molar-refractivity contribution in [2.75, 3.05) is 0 Å². The summed E-state index contributed by atoms with van der Waals surface area (Å²) in [5, 5.41) is 0. The van der Waals surface area contributed by atoms with Crippen LogP contribution in [-0.2, 0) is 36.2 Å². The van der Waals surface area contributed by atoms with Gasteiger partial charge in [-0.3, -0.25) is 0 Å². The van der Waals surface area contributed by atoms with E-state index >= 15 is 0 Å². The molecule has 0 aliphatic heterocycles. The van der Waals surface area contributed by atoms with Crippen molar-refractivity contribution in [1.82, 2.24) is 0 Å². The Kier molecular flexibility index (Phi) is 129. The largest absolute Gasteiger partial charge is 0.362 e. The maximum absolute atomic E-state index is 5.86. The molecule has 0 fully saturated rings. The zero-order valence-electron chi connectivity index (χ0n) is 85.2. The maximum Gasteiger partial charge on any atom is 0.107 e. The van der Waals surface area contributed by atoms with Crippen molar-refractivity contribution < 1.29 is 36.2 Å². The van der Waals surface area contributed by atoms with Gasteiger partial charge in [-0.2, -0.15) is 0 Å². The average molecular weight is 2020 g/mol. The Morgan fingerprint density at radius 1 is 0.235 bits per heavy atom. The van der Waals surface area contributed by atoms with Gasteiger partial charge in [-0.15, -0.1) is 0 Å². The van der Waals surface area contributed by atoms with Crippen LogP contribution >= 0.6 is 99.6 Å². The molecule has 132 heavy (non-hydrogen) atoms. The molecule has 0 aromatic rings. The van der Waals surface area contributed by atoms with E-state index in [1.165, 1.54) is 148 Å². The molecule has 0 aliphatic rings. The first-order valence-electron chi connectivity index (χ1n) is 50.4. The highest BCUT2D eigenvalue weighted by Crippen LogP contribution is 2.30. The lowest BCUT2D eigenvalue weighted by Gasteiger charge is -2.22. The van der Waals surface area contributed by atoms with Gasteiger partial charge in [0.05, 0.1) is 42.7 Å². The van der Waals surface area contributed by atoms with Crippen molar-refractivity contribution in [3.8, 4) is 0 Å². The Hall–Kier alpha value is -2.09. The number of allylic oxidation sites excluding steroid dienone is 40. The predicted octanol–water partition coefficient (Wildman–Crippen LogP) is 39.3. The van der Waals surface area contributed by atoms with Crippen LogP contribution in [0.15, 0.2) is 304 Å². The van der Waals surface area contributed by atoms with E-state index in [1.807, 2.05) is 30.4 Å². The molecule has 0 heterocycles. The lowest BCUT2D eigenvalue weighted by molar-refractivity contribution is 0.104. The zero-order valence-corrected chi connectivity index (χ0v) is 97.4. The van der Waals surface area contributed by atoms with E-state index in [-0.39, 0.29) is 48.8 Å². The van der Waals surface area contributed by atoms with E-state index in [2.05, 4.69) is 438 Å². The van der Waals surface area contributed by atoms with Crippen LogP contribution in [0.25, 0.3) is 0 Å². The van der Waals surface area contributed by atoms with Crippen LogP contribution in [0.1, 0.15) is 340 Å². The minimum Gasteiger partial charge on any atom is -0.362 e. The van der Waals surface area contributed by atoms with Gasteiger partial charge >= 0.3 is 0 Å². The normalized spacial score (nSPS) is 15.9. The first kappa shape index (κ1) is 138. The molecule has 0 spiro atoms. The fraction of sp³-hybridized carbons (Fsp3) is 0.558. The van der Waals surface area contributed by atoms with Crippen LogP contribution in [0.2, 0.25) is 0 Å². The Morgan fingerprint density at radius 3 is 1.08 bits per heavy atom. The smallest absolute Gasteiger partial charge is 0.107 e. The van der Waals surface area contributed by atoms with E-state index in [0.717, 1.165) is 103 Å². The first-order valence-corrected chi connectivity index (χ1v) is 60.9. The number of hydrogen-bond donors (Lipinski definition) is 0. The highest BCUT2D eigenvalue weighted by molar-refractivity contribution is 8.00. The van der Waals surface area contributed by atoms with Crippen LogP contribution in [0, 0.1) is 17.8 Å². The average Bonchev–Trinajstić information content (AvgIpc) is 0.928. The van der Waals surface area contributed by atoms with Gasteiger partial charge in [-0.1, -0.05) is 523 Å². The third-order valence-corrected chi connectivity index (χ3v) is 24.5. The van der Waals surface area contributed by atoms with Crippen LogP contribution in [0.4, 0.5) is 0 Å². The third-order valence-electron chi connectivity index (χ3n) is 20.2. The summed E-state index contributed by atoms with van der Waals surface area (Å²) in [6.45, 7) is 28.6. The van der Waals surface area contributed by atoms with Gasteiger partial charge < -0.3 is 36.2 Å². The third kappa shape index (κ3) is 112. The molecule has 19 heteroatoms. The molecule has 0 bridgehead atoms. The van der Waals surface area contributed by atoms with Gasteiger partial charge in [-0.05, 0) is 160 Å². The van der Waals surface area contributed by atoms with Crippen molar-refractivity contribution in [1.29, 1.82) is 0 Å². The molecule has 8 nitrogen and oxygen atoms in total. The van der Waals surface area contributed by atoms with Crippen molar-refractivity contribution in [3.05, 3.63) is 304 Å². The zero-order chi connectivity index (χ0) is 98.1. The second-order valence-corrected chi connectivity index (χ2v) is 37.2. The van der Waals surface area contributed by atoms with E-state index in [4.69, 9.17) is 36.2 Å². The Balaban J connectivity index is -0.000000509. The molecule has 0 saturated carbocycles. The molecular formula is C113H197O8P11. The summed E-state index contributed by atoms with van der Waals surface area (Å²) < 4.78 is 44.5. The Morgan fingerprint density at radius 2 is 0.591 bits per heavy atom. The van der Waals surface area contributed by atoms with Crippen molar-refractivity contribution >= 4 is 99.6 Å². The highest BCUT2D eigenvalue weighted by atomic mass is 32.0. The monoisotopic (exact) mass is 2020 g/mol. The van der Waals surface area contributed by atoms with Crippen molar-refractivity contribution in [2.45, 2.75) is 389 Å². The first-order chi connectivity index (χ1) is 64.7. The van der Waals surface area contributed by atoms with E-state index in [0.29, 0.717) is 43.2 Å². The molecule has 0 saturated heterocycles. The molecule has 752 valence electrons. The van der Waals surface area contributed by atoms with Gasteiger partial charge in [0.25, 0.3) is 0 Å². The maximum atomic E-state index is 5.86. The van der Waals surface area contributed by atoms with Crippen LogP contribution in [-0.4, -0.2) is 48.8 Å². The number of unbranched alkanes of at least 4 members (excludes halogenated alkanes) is 18. The highest BCUT2D eigenvalue weighted by Gasteiger charge is 2.19. The van der Waals surface area contributed by atoms with Gasteiger partial charge in [0.2, 0.25) is 0 Å². The summed E-state index contributed by atoms with van der Waals surface area (Å²) in [5.41, 5.74) is 0. The minimum absolute atomic E-state index is 0.0134. The van der Waals surface area contributed by atoms with Crippen molar-refractivity contribution in [2.24, 2.45) is 17.8 Å². The summed E-state index contributed by atoms with van der Waals surface area (Å²) in [6, 6.07) is 0. The van der Waals surface area contributed by atoms with Gasteiger partial charge in [0.1, 0.15) is 6.10 Å². The molecule has 0 aliphatic carbocycles. The molecule has 22 unspecified atom stereocenters. The van der Waals surface area contributed by atoms with E-state index in [9.17, 15) is 0 Å². The second kappa shape index (κ2) is 123. The van der Waals surface area contributed by atoms with Crippen LogP contribution in [0.3, 0.4) is 0 Å². The molecule has 0 aromatic carbocycles. The van der Waals surface area contributed by atoms with Gasteiger partial charge in [0.15, 0.2) is 0 Å². The fourth-order valence-corrected chi connectivity index (χ4v) is 16.3. The topological polar surface area (TPSA) is 73.8 Å². The summed E-state index contributed by atoms with van der Waals surface area (Å²) in [5.74, 6) is 1.43. The lowest BCUT2D eigenvalue weighted by atomic mass is 10.00. The fourth-order valence-electron chi connectivity index (χ4n) is 12.2. The van der Waals surface area contributed by atoms with Crippen LogP contribution < -0.4 is 0 Å². The lowest BCUT2D eigenvalue weighted by Crippen LogP contribution is -2.25. The van der Waals surface area contributed by atoms with E-state index in [1.54, 1.807) is 0 Å². The molecule has 0 radical (unpaired) electrons. The summed E-state index contributed by atoms with van der Waals surface area (Å²) >= 11 is 0. The summed E-state index contributed by atoms with van der Waals surface area (Å²) in [4.78, 5) is 0. The Labute approximate surface area is 840 Å². The number of hydrogen-bond acceptors (Lipinski definition) is 8. The quantitative estimate of drug-likeness (QED) is 0.0258. The Bertz CT molecular complexity index is 3200. The molecule has 0 amide bonds. The minimum atomic E-state index is -0.0134. The molecule has 22 atom stereocenters. The summed E-state index contributed by atoms with van der Waals surface area (Å²) in [6.07, 6.45) is 154. The SMILES string of the molecule is CCC=CCC(C)C(C=CC=CC=CCC=CCCCCCC)OP.CCC=CCC(C)C=CC=CC=CC=CC(OPP)C(CCCCCC)OP.CCC=CCC=CCC(C=CC=CC=CC(CCCCCC)OP)OPP.CCC=CCC=CCC(OP)C(C)C=CC=CC=CCCCCCC.CCCCCCC=CCC=CC=CC(CC=CCC=CC(C)OPP)OP. The van der Waals surface area contributed by atoms with E-state index < -0.39 is 0 Å². The summed E-state index contributed by atoms with van der Waals surface area (Å²) in [7, 11) is 21.1. The second-order valence-electron chi connectivity index (χ2n) is 32.3. The van der Waals surface area contributed by atoms with Gasteiger partial charge in [0, 0.05) is 78.7 Å². The molecule has 0 aromatic heterocycles.